The molecule has 0 saturated heterocycles. The van der Waals surface area contributed by atoms with Gasteiger partial charge in [0.05, 0.1) is 13.2 Å². The third kappa shape index (κ3) is 5.85. The van der Waals surface area contributed by atoms with Crippen molar-refractivity contribution < 1.29 is 4.79 Å². The summed E-state index contributed by atoms with van der Waals surface area (Å²) >= 11 is 1.68. The van der Waals surface area contributed by atoms with Crippen molar-refractivity contribution in [2.24, 2.45) is 0 Å². The molecule has 56 valence electrons. The van der Waals surface area contributed by atoms with Gasteiger partial charge in [0.2, 0.25) is 0 Å². The number of terminal acetylenes is 1. The highest BCUT2D eigenvalue weighted by molar-refractivity contribution is 14.1. The third-order valence-corrected chi connectivity index (χ3v) is 1.23. The van der Waals surface area contributed by atoms with E-state index in [1.807, 2.05) is 11.9 Å². The first-order valence-electron chi connectivity index (χ1n) is 2.72. The van der Waals surface area contributed by atoms with E-state index in [0.717, 1.165) is 0 Å². The van der Waals surface area contributed by atoms with Crippen molar-refractivity contribution in [3.8, 4) is 12.3 Å². The summed E-state index contributed by atoms with van der Waals surface area (Å²) in [4.78, 5) is 12.2. The summed E-state index contributed by atoms with van der Waals surface area (Å²) in [6, 6.07) is 0. The Labute approximate surface area is 74.3 Å². The van der Waals surface area contributed by atoms with Crippen LogP contribution >= 0.6 is 22.6 Å². The molecule has 0 atom stereocenters. The van der Waals surface area contributed by atoms with Gasteiger partial charge in [0.15, 0.2) is 0 Å². The van der Waals surface area contributed by atoms with E-state index in [-0.39, 0.29) is 3.91 Å². The number of hydrogen-bond donors (Lipinski definition) is 1. The van der Waals surface area contributed by atoms with Gasteiger partial charge in [0.25, 0.3) is 3.91 Å². The van der Waals surface area contributed by atoms with Gasteiger partial charge < -0.3 is 5.32 Å². The summed E-state index contributed by atoms with van der Waals surface area (Å²) in [5.74, 6) is 2.46. The van der Waals surface area contributed by atoms with Gasteiger partial charge in [-0.25, -0.2) is 0 Å². The smallest absolute Gasteiger partial charge is 0.281 e. The average Bonchev–Trinajstić information content (AvgIpc) is 1.85. The zero-order chi connectivity index (χ0) is 7.98. The van der Waals surface area contributed by atoms with Gasteiger partial charge in [-0.1, -0.05) is 5.92 Å². The van der Waals surface area contributed by atoms with Crippen molar-refractivity contribution in [3.63, 3.8) is 0 Å². The molecule has 0 spiro atoms. The molecular formula is C6H9IN2O. The largest absolute Gasteiger partial charge is 0.335 e. The van der Waals surface area contributed by atoms with Crippen molar-refractivity contribution >= 4 is 26.5 Å². The van der Waals surface area contributed by atoms with E-state index in [9.17, 15) is 4.79 Å². The van der Waals surface area contributed by atoms with Crippen molar-refractivity contribution in [3.05, 3.63) is 0 Å². The number of nitrogens with zero attached hydrogens (tertiary/aromatic N) is 1. The van der Waals surface area contributed by atoms with Gasteiger partial charge in [-0.05, 0) is 7.05 Å². The van der Waals surface area contributed by atoms with E-state index in [1.54, 1.807) is 22.6 Å². The lowest BCUT2D eigenvalue weighted by molar-refractivity contribution is 0.255. The van der Waals surface area contributed by atoms with Crippen LogP contribution in [0.15, 0.2) is 0 Å². The minimum atomic E-state index is -0.0681. The molecule has 4 heteroatoms. The summed E-state index contributed by atoms with van der Waals surface area (Å²) in [6.07, 6.45) is 5.03. The van der Waals surface area contributed by atoms with Crippen molar-refractivity contribution in [2.45, 2.75) is 0 Å². The van der Waals surface area contributed by atoms with E-state index in [0.29, 0.717) is 13.2 Å². The Bertz CT molecular complexity index is 152. The third-order valence-electron chi connectivity index (χ3n) is 0.849. The first kappa shape index (κ1) is 9.72. The van der Waals surface area contributed by atoms with Crippen LogP contribution in [-0.2, 0) is 0 Å². The lowest BCUT2D eigenvalue weighted by Gasteiger charge is -2.11. The molecule has 3 nitrogen and oxygen atoms in total. The zero-order valence-corrected chi connectivity index (χ0v) is 7.88. The standard InChI is InChI=1S/C6H9IN2O/c1-3-4-9(2)5-8-6(7)10/h1H,4-5H2,2H3,(H,8,10). The van der Waals surface area contributed by atoms with Gasteiger partial charge in [-0.2, -0.15) is 0 Å². The zero-order valence-electron chi connectivity index (χ0n) is 5.72. The molecule has 1 amide bonds. The van der Waals surface area contributed by atoms with Crippen LogP contribution in [0.2, 0.25) is 0 Å². The predicted molar refractivity (Wildman–Crippen MR) is 48.9 cm³/mol. The molecule has 1 N–H and O–H groups in total. The molecule has 0 saturated carbocycles. The summed E-state index contributed by atoms with van der Waals surface area (Å²) in [7, 11) is 1.84. The molecular weight excluding hydrogens is 243 g/mol. The van der Waals surface area contributed by atoms with Gasteiger partial charge in [0.1, 0.15) is 0 Å². The fourth-order valence-corrected chi connectivity index (χ4v) is 0.579. The van der Waals surface area contributed by atoms with Gasteiger partial charge in [0, 0.05) is 22.6 Å². The van der Waals surface area contributed by atoms with Crippen molar-refractivity contribution in [2.75, 3.05) is 20.3 Å². The Kier molecular flexibility index (Phi) is 5.35. The number of amides is 1. The molecule has 0 aliphatic carbocycles. The lowest BCUT2D eigenvalue weighted by Crippen LogP contribution is -2.32. The maximum Gasteiger partial charge on any atom is 0.281 e. The minimum absolute atomic E-state index is 0.0681. The highest BCUT2D eigenvalue weighted by Gasteiger charge is 1.95. The van der Waals surface area contributed by atoms with Crippen LogP contribution in [0.25, 0.3) is 0 Å². The van der Waals surface area contributed by atoms with Crippen LogP contribution in [-0.4, -0.2) is 29.1 Å². The highest BCUT2D eigenvalue weighted by atomic mass is 127. The average molecular weight is 252 g/mol. The van der Waals surface area contributed by atoms with E-state index in [4.69, 9.17) is 6.42 Å². The fourth-order valence-electron chi connectivity index (χ4n) is 0.409. The summed E-state index contributed by atoms with van der Waals surface area (Å²) < 4.78 is -0.0681. The molecule has 0 unspecified atom stereocenters. The second-order valence-corrected chi connectivity index (χ2v) is 2.81. The Morgan fingerprint density at radius 2 is 2.50 bits per heavy atom. The van der Waals surface area contributed by atoms with E-state index < -0.39 is 0 Å². The predicted octanol–water partition coefficient (Wildman–Crippen LogP) is 0.654. The maximum atomic E-state index is 10.3. The second-order valence-electron chi connectivity index (χ2n) is 1.83. The quantitative estimate of drug-likeness (QED) is 0.263. The monoisotopic (exact) mass is 252 g/mol. The van der Waals surface area contributed by atoms with E-state index in [1.165, 1.54) is 0 Å². The molecule has 0 aliphatic rings. The van der Waals surface area contributed by atoms with Crippen LogP contribution in [0.3, 0.4) is 0 Å². The molecule has 0 aliphatic heterocycles. The molecule has 0 heterocycles. The Morgan fingerprint density at radius 1 is 1.90 bits per heavy atom. The first-order chi connectivity index (χ1) is 4.66. The number of rotatable bonds is 3. The van der Waals surface area contributed by atoms with Gasteiger partial charge in [-0.15, -0.1) is 6.42 Å². The lowest BCUT2D eigenvalue weighted by atomic mass is 10.6. The van der Waals surface area contributed by atoms with Gasteiger partial charge in [-0.3, -0.25) is 9.69 Å². The van der Waals surface area contributed by atoms with Crippen molar-refractivity contribution in [1.82, 2.24) is 10.2 Å². The normalized spacial score (nSPS) is 9.00. The summed E-state index contributed by atoms with van der Waals surface area (Å²) in [6.45, 7) is 1.06. The van der Waals surface area contributed by atoms with Crippen LogP contribution in [0.1, 0.15) is 0 Å². The van der Waals surface area contributed by atoms with Crippen LogP contribution < -0.4 is 5.32 Å². The molecule has 10 heavy (non-hydrogen) atoms. The van der Waals surface area contributed by atoms with Gasteiger partial charge >= 0.3 is 0 Å². The fraction of sp³-hybridized carbons (Fsp3) is 0.500. The number of nitrogens with one attached hydrogen (secondary N) is 1. The first-order valence-corrected chi connectivity index (χ1v) is 3.80. The molecule has 0 radical (unpaired) electrons. The summed E-state index contributed by atoms with van der Waals surface area (Å²) in [5, 5.41) is 2.61. The van der Waals surface area contributed by atoms with E-state index >= 15 is 0 Å². The molecule has 0 rings (SSSR count). The highest BCUT2D eigenvalue weighted by Crippen LogP contribution is 1.83. The second kappa shape index (κ2) is 5.50. The number of carbonyl (C=O) groups excluding carboxylic acids is 1. The Morgan fingerprint density at radius 3 is 2.90 bits per heavy atom. The molecule has 0 fully saturated rings. The number of carbonyl (C=O) groups is 1. The maximum absolute atomic E-state index is 10.3. The molecule has 0 aromatic rings. The van der Waals surface area contributed by atoms with Crippen LogP contribution in [0.5, 0.6) is 0 Å². The minimum Gasteiger partial charge on any atom is -0.335 e. The number of halogens is 1. The van der Waals surface area contributed by atoms with Crippen LogP contribution in [0.4, 0.5) is 4.79 Å². The Hall–Kier alpha value is -0.280. The molecule has 0 aromatic heterocycles. The molecule has 0 aromatic carbocycles. The summed E-state index contributed by atoms with van der Waals surface area (Å²) in [5.41, 5.74) is 0. The SMILES string of the molecule is C#CCN(C)CNC(=O)I. The van der Waals surface area contributed by atoms with E-state index in [2.05, 4.69) is 11.2 Å². The van der Waals surface area contributed by atoms with Crippen molar-refractivity contribution in [1.29, 1.82) is 0 Å². The Balaban J connectivity index is 3.32. The number of hydrogen-bond acceptors (Lipinski definition) is 2. The van der Waals surface area contributed by atoms with Crippen LogP contribution in [0, 0.1) is 12.3 Å². The topological polar surface area (TPSA) is 32.3 Å². The molecule has 0 bridgehead atoms.